The van der Waals surface area contributed by atoms with Crippen molar-refractivity contribution in [1.29, 1.82) is 0 Å². The smallest absolute Gasteiger partial charge is 0.261 e. The van der Waals surface area contributed by atoms with Crippen molar-refractivity contribution >= 4 is 23.2 Å². The predicted octanol–water partition coefficient (Wildman–Crippen LogP) is 4.58. The summed E-state index contributed by atoms with van der Waals surface area (Å²) in [5.41, 5.74) is 2.44. The summed E-state index contributed by atoms with van der Waals surface area (Å²) in [5, 5.41) is 7.77. The van der Waals surface area contributed by atoms with Gasteiger partial charge in [-0.15, -0.1) is 11.3 Å². The Hall–Kier alpha value is -2.14. The molecule has 4 nitrogen and oxygen atoms in total. The van der Waals surface area contributed by atoms with Gasteiger partial charge < -0.3 is 10.6 Å². The Bertz CT molecular complexity index is 721. The molecule has 0 aliphatic heterocycles. The van der Waals surface area contributed by atoms with E-state index >= 15 is 0 Å². The number of carbonyl (C=O) groups is 2. The molecule has 0 fully saturated rings. The van der Waals surface area contributed by atoms with Gasteiger partial charge in [0.1, 0.15) is 0 Å². The summed E-state index contributed by atoms with van der Waals surface area (Å²) >= 11 is 1.39. The molecule has 5 heteroatoms. The van der Waals surface area contributed by atoms with Crippen molar-refractivity contribution in [2.75, 3.05) is 6.54 Å². The van der Waals surface area contributed by atoms with Crippen LogP contribution >= 0.6 is 11.3 Å². The highest BCUT2D eigenvalue weighted by molar-refractivity contribution is 7.12. The van der Waals surface area contributed by atoms with Crippen molar-refractivity contribution in [3.63, 3.8) is 0 Å². The molecule has 1 heterocycles. The number of amides is 2. The van der Waals surface area contributed by atoms with E-state index in [0.29, 0.717) is 17.3 Å². The van der Waals surface area contributed by atoms with E-state index in [9.17, 15) is 9.59 Å². The second-order valence-corrected chi connectivity index (χ2v) is 8.56. The SMILES string of the molecule is CC(C)Cc1ccc(C(NC(=O)CCNC(=O)c2cccs2)C(C)C)cc1. The molecule has 0 saturated carbocycles. The average Bonchev–Trinajstić information content (AvgIpc) is 3.14. The average molecular weight is 387 g/mol. The summed E-state index contributed by atoms with van der Waals surface area (Å²) in [6.45, 7) is 8.96. The van der Waals surface area contributed by atoms with Crippen LogP contribution in [0.15, 0.2) is 41.8 Å². The van der Waals surface area contributed by atoms with Crippen LogP contribution in [-0.4, -0.2) is 18.4 Å². The summed E-state index contributed by atoms with van der Waals surface area (Å²) in [4.78, 5) is 24.9. The first-order chi connectivity index (χ1) is 12.9. The van der Waals surface area contributed by atoms with Crippen molar-refractivity contribution in [2.45, 2.75) is 46.6 Å². The lowest BCUT2D eigenvalue weighted by Gasteiger charge is -2.23. The normalized spacial score (nSPS) is 12.2. The van der Waals surface area contributed by atoms with Gasteiger partial charge in [-0.1, -0.05) is 58.0 Å². The molecule has 0 aliphatic carbocycles. The molecule has 0 spiro atoms. The molecule has 0 bridgehead atoms. The number of hydrogen-bond donors (Lipinski definition) is 2. The molecule has 2 aromatic rings. The standard InChI is InChI=1S/C22H30N2O2S/c1-15(2)14-17-7-9-18(10-8-17)21(16(3)4)24-20(25)11-12-23-22(26)19-6-5-13-27-19/h5-10,13,15-16,21H,11-12,14H2,1-4H3,(H,23,26)(H,24,25). The zero-order valence-corrected chi connectivity index (χ0v) is 17.4. The molecule has 1 aromatic heterocycles. The lowest BCUT2D eigenvalue weighted by atomic mass is 9.93. The summed E-state index contributed by atoms with van der Waals surface area (Å²) in [6.07, 6.45) is 1.33. The maximum absolute atomic E-state index is 12.4. The molecule has 0 radical (unpaired) electrons. The summed E-state index contributed by atoms with van der Waals surface area (Å²) in [6, 6.07) is 12.1. The molecule has 27 heavy (non-hydrogen) atoms. The van der Waals surface area contributed by atoms with Crippen molar-refractivity contribution in [3.8, 4) is 0 Å². The number of nitrogens with one attached hydrogen (secondary N) is 2. The van der Waals surface area contributed by atoms with E-state index in [0.717, 1.165) is 12.0 Å². The minimum atomic E-state index is -0.126. The molecule has 2 rings (SSSR count). The van der Waals surface area contributed by atoms with E-state index < -0.39 is 0 Å². The Morgan fingerprint density at radius 2 is 1.74 bits per heavy atom. The summed E-state index contributed by atoms with van der Waals surface area (Å²) < 4.78 is 0. The van der Waals surface area contributed by atoms with Crippen molar-refractivity contribution < 1.29 is 9.59 Å². The molecule has 1 atom stereocenters. The van der Waals surface area contributed by atoms with Gasteiger partial charge in [0.15, 0.2) is 0 Å². The van der Waals surface area contributed by atoms with Crippen LogP contribution in [0.2, 0.25) is 0 Å². The molecule has 146 valence electrons. The van der Waals surface area contributed by atoms with Crippen molar-refractivity contribution in [2.24, 2.45) is 11.8 Å². The lowest BCUT2D eigenvalue weighted by molar-refractivity contribution is -0.122. The highest BCUT2D eigenvalue weighted by atomic mass is 32.1. The van der Waals surface area contributed by atoms with Crippen LogP contribution in [0.4, 0.5) is 0 Å². The number of rotatable bonds is 9. The second-order valence-electron chi connectivity index (χ2n) is 7.61. The zero-order chi connectivity index (χ0) is 19.8. The molecule has 1 unspecified atom stereocenters. The van der Waals surface area contributed by atoms with Crippen molar-refractivity contribution in [1.82, 2.24) is 10.6 Å². The molecule has 0 saturated heterocycles. The van der Waals surface area contributed by atoms with Crippen LogP contribution < -0.4 is 10.6 Å². The third-order valence-electron chi connectivity index (χ3n) is 4.35. The van der Waals surface area contributed by atoms with Gasteiger partial charge in [-0.25, -0.2) is 0 Å². The Morgan fingerprint density at radius 1 is 1.04 bits per heavy atom. The van der Waals surface area contributed by atoms with Crippen LogP contribution in [0.25, 0.3) is 0 Å². The van der Waals surface area contributed by atoms with E-state index in [1.165, 1.54) is 16.9 Å². The van der Waals surface area contributed by atoms with E-state index in [-0.39, 0.29) is 30.2 Å². The van der Waals surface area contributed by atoms with Gasteiger partial charge in [0.2, 0.25) is 5.91 Å². The van der Waals surface area contributed by atoms with Gasteiger partial charge in [0.25, 0.3) is 5.91 Å². The van der Waals surface area contributed by atoms with Gasteiger partial charge in [0.05, 0.1) is 10.9 Å². The van der Waals surface area contributed by atoms with Crippen LogP contribution in [0.1, 0.15) is 61.0 Å². The highest BCUT2D eigenvalue weighted by Crippen LogP contribution is 2.23. The molecule has 2 N–H and O–H groups in total. The van der Waals surface area contributed by atoms with E-state index in [1.54, 1.807) is 6.07 Å². The fourth-order valence-electron chi connectivity index (χ4n) is 3.00. The number of benzene rings is 1. The first kappa shape index (κ1) is 21.2. The molecule has 2 amide bonds. The van der Waals surface area contributed by atoms with Gasteiger partial charge in [0, 0.05) is 13.0 Å². The predicted molar refractivity (Wildman–Crippen MR) is 112 cm³/mol. The Morgan fingerprint density at radius 3 is 2.30 bits per heavy atom. The van der Waals surface area contributed by atoms with Gasteiger partial charge in [-0.05, 0) is 40.8 Å². The zero-order valence-electron chi connectivity index (χ0n) is 16.6. The second kappa shape index (κ2) is 10.3. The minimum Gasteiger partial charge on any atom is -0.351 e. The fraction of sp³-hybridized carbons (Fsp3) is 0.455. The van der Waals surface area contributed by atoms with Gasteiger partial charge in [-0.2, -0.15) is 0 Å². The topological polar surface area (TPSA) is 58.2 Å². The Balaban J connectivity index is 1.87. The fourth-order valence-corrected chi connectivity index (χ4v) is 3.64. The first-order valence-corrected chi connectivity index (χ1v) is 10.4. The Kier molecular flexibility index (Phi) is 8.04. The van der Waals surface area contributed by atoms with Crippen LogP contribution in [-0.2, 0) is 11.2 Å². The summed E-state index contributed by atoms with van der Waals surface area (Å²) in [5.74, 6) is 0.733. The molecule has 0 aliphatic rings. The molecular weight excluding hydrogens is 356 g/mol. The van der Waals surface area contributed by atoms with Crippen molar-refractivity contribution in [3.05, 3.63) is 57.8 Å². The quantitative estimate of drug-likeness (QED) is 0.663. The van der Waals surface area contributed by atoms with Crippen LogP contribution in [0, 0.1) is 11.8 Å². The number of hydrogen-bond acceptors (Lipinski definition) is 3. The number of carbonyl (C=O) groups excluding carboxylic acids is 2. The molecular formula is C22H30N2O2S. The van der Waals surface area contributed by atoms with Gasteiger partial charge >= 0.3 is 0 Å². The maximum atomic E-state index is 12.4. The third-order valence-corrected chi connectivity index (χ3v) is 5.22. The maximum Gasteiger partial charge on any atom is 0.261 e. The highest BCUT2D eigenvalue weighted by Gasteiger charge is 2.18. The third kappa shape index (κ3) is 6.83. The van der Waals surface area contributed by atoms with Crippen LogP contribution in [0.5, 0.6) is 0 Å². The first-order valence-electron chi connectivity index (χ1n) is 9.56. The Labute approximate surface area is 166 Å². The van der Waals surface area contributed by atoms with E-state index in [1.807, 2.05) is 11.4 Å². The monoisotopic (exact) mass is 386 g/mol. The lowest BCUT2D eigenvalue weighted by Crippen LogP contribution is -2.34. The van der Waals surface area contributed by atoms with E-state index in [2.05, 4.69) is 62.6 Å². The summed E-state index contributed by atoms with van der Waals surface area (Å²) in [7, 11) is 0. The van der Waals surface area contributed by atoms with Crippen LogP contribution in [0.3, 0.4) is 0 Å². The van der Waals surface area contributed by atoms with E-state index in [4.69, 9.17) is 0 Å². The molecule has 1 aromatic carbocycles. The van der Waals surface area contributed by atoms with Gasteiger partial charge in [-0.3, -0.25) is 9.59 Å². The minimum absolute atomic E-state index is 0.0291. The number of thiophene rings is 1. The largest absolute Gasteiger partial charge is 0.351 e.